The number of hydrogen-bond acceptors (Lipinski definition) is 6. The molecule has 3 aromatic rings. The highest BCUT2D eigenvalue weighted by Gasteiger charge is 2.33. The summed E-state index contributed by atoms with van der Waals surface area (Å²) in [5.74, 6) is 2.95. The molecule has 0 radical (unpaired) electrons. The SMILES string of the molecule is CN1CC2CCCC2C1.COc1cc2ncnc(Nc3ccc(Cl)c(Cl)c3F)c2cc1OC. The zero-order chi connectivity index (χ0) is 23.5. The second-order valence-corrected chi connectivity index (χ2v) is 9.25. The van der Waals surface area contributed by atoms with E-state index >= 15 is 0 Å². The summed E-state index contributed by atoms with van der Waals surface area (Å²) in [6, 6.07) is 6.42. The van der Waals surface area contributed by atoms with Gasteiger partial charge in [0.05, 0.1) is 35.5 Å². The molecule has 1 aromatic heterocycles. The molecular weight excluding hydrogens is 466 g/mol. The van der Waals surface area contributed by atoms with Gasteiger partial charge < -0.3 is 19.7 Å². The van der Waals surface area contributed by atoms with Gasteiger partial charge in [-0.05, 0) is 49.9 Å². The van der Waals surface area contributed by atoms with Gasteiger partial charge in [-0.15, -0.1) is 0 Å². The number of anilines is 2. The lowest BCUT2D eigenvalue weighted by Gasteiger charge is -2.13. The normalized spacial score (nSPS) is 19.7. The Kier molecular flexibility index (Phi) is 7.41. The van der Waals surface area contributed by atoms with Gasteiger partial charge in [-0.3, -0.25) is 0 Å². The molecule has 2 heterocycles. The van der Waals surface area contributed by atoms with Crippen LogP contribution in [0, 0.1) is 17.7 Å². The lowest BCUT2D eigenvalue weighted by Crippen LogP contribution is -2.14. The van der Waals surface area contributed by atoms with Crippen LogP contribution in [-0.4, -0.2) is 49.2 Å². The second kappa shape index (κ2) is 10.3. The summed E-state index contributed by atoms with van der Waals surface area (Å²) in [6.07, 6.45) is 5.89. The standard InChI is InChI=1S/C16H12Cl2FN3O2.C8H15N/c1-23-12-5-8-11(6-13(12)24-2)20-7-21-16(8)22-10-4-3-9(17)14(18)15(10)19;1-9-5-7-3-2-4-8(7)6-9/h3-7H,1-2H3,(H,20,21,22);7-8H,2-6H2,1H3. The lowest BCUT2D eigenvalue weighted by molar-refractivity contribution is 0.356. The van der Waals surface area contributed by atoms with Gasteiger partial charge >= 0.3 is 0 Å². The van der Waals surface area contributed by atoms with Crippen LogP contribution in [-0.2, 0) is 0 Å². The first-order chi connectivity index (χ1) is 15.9. The summed E-state index contributed by atoms with van der Waals surface area (Å²) in [4.78, 5) is 10.8. The van der Waals surface area contributed by atoms with Gasteiger partial charge in [0, 0.05) is 24.5 Å². The average molecular weight is 493 g/mol. The Bertz CT molecular complexity index is 1140. The average Bonchev–Trinajstić information content (AvgIpc) is 3.40. The first-order valence-corrected chi connectivity index (χ1v) is 11.6. The van der Waals surface area contributed by atoms with Crippen molar-refractivity contribution in [1.29, 1.82) is 0 Å². The molecule has 1 N–H and O–H groups in total. The van der Waals surface area contributed by atoms with E-state index in [1.54, 1.807) is 12.1 Å². The number of likely N-dealkylation sites (tertiary alicyclic amines) is 1. The van der Waals surface area contributed by atoms with Gasteiger partial charge in [-0.25, -0.2) is 14.4 Å². The number of nitrogens with zero attached hydrogens (tertiary/aromatic N) is 3. The van der Waals surface area contributed by atoms with E-state index in [0.29, 0.717) is 28.2 Å². The molecule has 33 heavy (non-hydrogen) atoms. The van der Waals surface area contributed by atoms with Gasteiger partial charge in [0.1, 0.15) is 12.1 Å². The maximum Gasteiger partial charge on any atom is 0.166 e. The smallest absolute Gasteiger partial charge is 0.166 e. The van der Waals surface area contributed by atoms with E-state index in [1.807, 2.05) is 0 Å². The summed E-state index contributed by atoms with van der Waals surface area (Å²) in [5, 5.41) is 3.53. The van der Waals surface area contributed by atoms with Gasteiger partial charge in [-0.1, -0.05) is 29.6 Å². The maximum atomic E-state index is 14.2. The fourth-order valence-electron chi connectivity index (χ4n) is 4.70. The highest BCUT2D eigenvalue weighted by Crippen LogP contribution is 2.37. The molecule has 1 aliphatic heterocycles. The number of hydrogen-bond donors (Lipinski definition) is 1. The van der Waals surface area contributed by atoms with Crippen molar-refractivity contribution in [2.45, 2.75) is 19.3 Å². The van der Waals surface area contributed by atoms with Crippen LogP contribution in [0.1, 0.15) is 19.3 Å². The summed E-state index contributed by atoms with van der Waals surface area (Å²) in [5.41, 5.74) is 0.768. The molecule has 2 atom stereocenters. The quantitative estimate of drug-likeness (QED) is 0.438. The van der Waals surface area contributed by atoms with Crippen LogP contribution in [0.3, 0.4) is 0 Å². The number of halogens is 3. The minimum absolute atomic E-state index is 0.138. The minimum atomic E-state index is -0.656. The van der Waals surface area contributed by atoms with E-state index in [9.17, 15) is 4.39 Å². The molecule has 5 rings (SSSR count). The number of aromatic nitrogens is 2. The maximum absolute atomic E-state index is 14.2. The van der Waals surface area contributed by atoms with Crippen LogP contribution in [0.2, 0.25) is 10.0 Å². The van der Waals surface area contributed by atoms with Crippen LogP contribution in [0.25, 0.3) is 10.9 Å². The molecule has 2 unspecified atom stereocenters. The molecule has 2 aliphatic rings. The number of methoxy groups -OCH3 is 2. The number of benzene rings is 2. The topological polar surface area (TPSA) is 59.5 Å². The van der Waals surface area contributed by atoms with E-state index < -0.39 is 5.82 Å². The first kappa shape index (κ1) is 23.8. The van der Waals surface area contributed by atoms with Gasteiger partial charge in [0.2, 0.25) is 0 Å². The van der Waals surface area contributed by atoms with Crippen molar-refractivity contribution in [2.75, 3.05) is 39.7 Å². The highest BCUT2D eigenvalue weighted by molar-refractivity contribution is 6.42. The third kappa shape index (κ3) is 5.10. The van der Waals surface area contributed by atoms with Crippen molar-refractivity contribution in [3.63, 3.8) is 0 Å². The van der Waals surface area contributed by atoms with E-state index in [-0.39, 0.29) is 15.7 Å². The second-order valence-electron chi connectivity index (χ2n) is 8.47. The minimum Gasteiger partial charge on any atom is -0.493 e. The Hall–Kier alpha value is -2.35. The Labute approximate surface area is 203 Å². The molecule has 1 aliphatic carbocycles. The Morgan fingerprint density at radius 2 is 1.70 bits per heavy atom. The molecule has 0 spiro atoms. The number of rotatable bonds is 4. The van der Waals surface area contributed by atoms with Crippen LogP contribution < -0.4 is 14.8 Å². The van der Waals surface area contributed by atoms with Crippen molar-refractivity contribution < 1.29 is 13.9 Å². The van der Waals surface area contributed by atoms with E-state index in [1.165, 1.54) is 65.0 Å². The summed E-state index contributed by atoms with van der Waals surface area (Å²) in [6.45, 7) is 2.76. The molecule has 2 aromatic carbocycles. The summed E-state index contributed by atoms with van der Waals surface area (Å²) < 4.78 is 24.8. The van der Waals surface area contributed by atoms with Crippen LogP contribution in [0.4, 0.5) is 15.9 Å². The molecular formula is C24H27Cl2FN4O2. The number of nitrogens with one attached hydrogen (secondary N) is 1. The summed E-state index contributed by atoms with van der Waals surface area (Å²) in [7, 11) is 5.31. The zero-order valence-electron chi connectivity index (χ0n) is 18.9. The molecule has 1 saturated heterocycles. The predicted octanol–water partition coefficient (Wildman–Crippen LogP) is 6.18. The van der Waals surface area contributed by atoms with Gasteiger partial charge in [0.25, 0.3) is 0 Å². The molecule has 0 bridgehead atoms. The monoisotopic (exact) mass is 492 g/mol. The number of ether oxygens (including phenoxy) is 2. The highest BCUT2D eigenvalue weighted by atomic mass is 35.5. The molecule has 176 valence electrons. The Morgan fingerprint density at radius 3 is 2.36 bits per heavy atom. The van der Waals surface area contributed by atoms with Crippen LogP contribution in [0.15, 0.2) is 30.6 Å². The third-order valence-corrected chi connectivity index (χ3v) is 7.12. The molecule has 6 nitrogen and oxygen atoms in total. The predicted molar refractivity (Wildman–Crippen MR) is 131 cm³/mol. The van der Waals surface area contributed by atoms with Crippen molar-refractivity contribution >= 4 is 45.6 Å². The molecule has 1 saturated carbocycles. The first-order valence-electron chi connectivity index (χ1n) is 10.9. The fraction of sp³-hybridized carbons (Fsp3) is 0.417. The van der Waals surface area contributed by atoms with E-state index in [4.69, 9.17) is 32.7 Å². The van der Waals surface area contributed by atoms with Crippen molar-refractivity contribution in [2.24, 2.45) is 11.8 Å². The Balaban J connectivity index is 0.000000238. The van der Waals surface area contributed by atoms with Crippen LogP contribution >= 0.6 is 23.2 Å². The zero-order valence-corrected chi connectivity index (χ0v) is 20.4. The van der Waals surface area contributed by atoms with Crippen molar-refractivity contribution in [1.82, 2.24) is 14.9 Å². The van der Waals surface area contributed by atoms with Crippen LogP contribution in [0.5, 0.6) is 11.5 Å². The largest absolute Gasteiger partial charge is 0.493 e. The van der Waals surface area contributed by atoms with E-state index in [0.717, 1.165) is 11.8 Å². The number of fused-ring (bicyclic) bond motifs is 2. The summed E-state index contributed by atoms with van der Waals surface area (Å²) >= 11 is 11.6. The van der Waals surface area contributed by atoms with Crippen molar-refractivity contribution in [3.05, 3.63) is 46.5 Å². The van der Waals surface area contributed by atoms with Gasteiger partial charge in [0.15, 0.2) is 17.3 Å². The Morgan fingerprint density at radius 1 is 1.03 bits per heavy atom. The third-order valence-electron chi connectivity index (χ3n) is 6.34. The van der Waals surface area contributed by atoms with E-state index in [2.05, 4.69) is 27.2 Å². The molecule has 9 heteroatoms. The fourth-order valence-corrected chi connectivity index (χ4v) is 5.01. The molecule has 0 amide bonds. The van der Waals surface area contributed by atoms with Crippen molar-refractivity contribution in [3.8, 4) is 11.5 Å². The molecule has 2 fully saturated rings. The van der Waals surface area contributed by atoms with Gasteiger partial charge in [-0.2, -0.15) is 0 Å². The lowest BCUT2D eigenvalue weighted by atomic mass is 10.0.